The lowest BCUT2D eigenvalue weighted by Crippen LogP contribution is -2.04. The van der Waals surface area contributed by atoms with E-state index in [9.17, 15) is 0 Å². The van der Waals surface area contributed by atoms with Gasteiger partial charge in [0, 0.05) is 5.69 Å². The summed E-state index contributed by atoms with van der Waals surface area (Å²) in [4.78, 5) is 12.2. The van der Waals surface area contributed by atoms with Crippen LogP contribution in [0.4, 0.5) is 0 Å². The summed E-state index contributed by atoms with van der Waals surface area (Å²) in [6.45, 7) is 3.65. The van der Waals surface area contributed by atoms with Crippen LogP contribution in [0.25, 0.3) is 11.5 Å². The number of aromatic nitrogens is 4. The van der Waals surface area contributed by atoms with E-state index in [1.165, 1.54) is 6.33 Å². The zero-order valence-electron chi connectivity index (χ0n) is 8.51. The van der Waals surface area contributed by atoms with Crippen molar-refractivity contribution in [1.82, 2.24) is 20.1 Å². The van der Waals surface area contributed by atoms with E-state index >= 15 is 0 Å². The fourth-order valence-corrected chi connectivity index (χ4v) is 1.10. The smallest absolute Gasteiger partial charge is 0.243 e. The Kier molecular flexibility index (Phi) is 2.42. The zero-order valence-corrected chi connectivity index (χ0v) is 8.51. The van der Waals surface area contributed by atoms with Crippen molar-refractivity contribution in [3.63, 3.8) is 0 Å². The van der Waals surface area contributed by atoms with Crippen molar-refractivity contribution in [3.8, 4) is 11.5 Å². The maximum atomic E-state index is 5.61. The van der Waals surface area contributed by atoms with Gasteiger partial charge in [-0.2, -0.15) is 4.98 Å². The molecule has 0 spiro atoms. The lowest BCUT2D eigenvalue weighted by Gasteiger charge is -1.94. The lowest BCUT2D eigenvalue weighted by molar-refractivity contribution is 0.362. The standard InChI is InChI=1S/C9H11N5O/c1-5-3-7(12-4-11-5)8-13-9(6(2)10)15-14-8/h3-4,6H,10H2,1-2H3/t6-/m0/s1. The molecule has 0 aromatic carbocycles. The van der Waals surface area contributed by atoms with Crippen molar-refractivity contribution in [2.45, 2.75) is 19.9 Å². The van der Waals surface area contributed by atoms with E-state index in [2.05, 4.69) is 20.1 Å². The molecule has 0 saturated heterocycles. The predicted octanol–water partition coefficient (Wildman–Crippen LogP) is 0.855. The molecule has 78 valence electrons. The van der Waals surface area contributed by atoms with Crippen molar-refractivity contribution in [1.29, 1.82) is 0 Å². The van der Waals surface area contributed by atoms with Crippen LogP contribution in [-0.2, 0) is 0 Å². The summed E-state index contributed by atoms with van der Waals surface area (Å²) < 4.78 is 4.97. The second-order valence-corrected chi connectivity index (χ2v) is 3.29. The second kappa shape index (κ2) is 3.74. The third-order valence-electron chi connectivity index (χ3n) is 1.86. The summed E-state index contributed by atoms with van der Waals surface area (Å²) in [5.74, 6) is 0.842. The molecule has 0 aliphatic rings. The van der Waals surface area contributed by atoms with Crippen molar-refractivity contribution >= 4 is 0 Å². The molecule has 15 heavy (non-hydrogen) atoms. The van der Waals surface area contributed by atoms with E-state index in [0.29, 0.717) is 17.4 Å². The first-order valence-corrected chi connectivity index (χ1v) is 4.55. The molecule has 2 N–H and O–H groups in total. The van der Waals surface area contributed by atoms with Crippen molar-refractivity contribution in [2.75, 3.05) is 0 Å². The minimum atomic E-state index is -0.269. The molecule has 0 radical (unpaired) electrons. The largest absolute Gasteiger partial charge is 0.337 e. The topological polar surface area (TPSA) is 90.7 Å². The zero-order chi connectivity index (χ0) is 10.8. The number of nitrogens with zero attached hydrogens (tertiary/aromatic N) is 4. The number of hydrogen-bond donors (Lipinski definition) is 1. The van der Waals surface area contributed by atoms with Crippen LogP contribution < -0.4 is 5.73 Å². The fraction of sp³-hybridized carbons (Fsp3) is 0.333. The number of aryl methyl sites for hydroxylation is 1. The summed E-state index contributed by atoms with van der Waals surface area (Å²) in [7, 11) is 0. The molecule has 2 rings (SSSR count). The van der Waals surface area contributed by atoms with Gasteiger partial charge in [-0.05, 0) is 19.9 Å². The molecule has 2 aromatic rings. The van der Waals surface area contributed by atoms with E-state index in [1.807, 2.05) is 6.92 Å². The van der Waals surface area contributed by atoms with Crippen LogP contribution in [0.3, 0.4) is 0 Å². The van der Waals surface area contributed by atoms with Crippen LogP contribution in [-0.4, -0.2) is 20.1 Å². The van der Waals surface area contributed by atoms with E-state index in [1.54, 1.807) is 13.0 Å². The Hall–Kier alpha value is -1.82. The van der Waals surface area contributed by atoms with Gasteiger partial charge in [-0.25, -0.2) is 9.97 Å². The minimum absolute atomic E-state index is 0.269. The Morgan fingerprint density at radius 2 is 2.20 bits per heavy atom. The first kappa shape index (κ1) is 9.72. The summed E-state index contributed by atoms with van der Waals surface area (Å²) in [5.41, 5.74) is 7.10. The third-order valence-corrected chi connectivity index (χ3v) is 1.86. The normalized spacial score (nSPS) is 12.7. The van der Waals surface area contributed by atoms with Gasteiger partial charge in [-0.1, -0.05) is 5.16 Å². The summed E-state index contributed by atoms with van der Waals surface area (Å²) in [6.07, 6.45) is 1.46. The van der Waals surface area contributed by atoms with Gasteiger partial charge in [0.2, 0.25) is 11.7 Å². The van der Waals surface area contributed by atoms with Gasteiger partial charge in [0.25, 0.3) is 0 Å². The summed E-state index contributed by atoms with van der Waals surface area (Å²) >= 11 is 0. The first-order chi connectivity index (χ1) is 7.16. The van der Waals surface area contributed by atoms with E-state index < -0.39 is 0 Å². The highest BCUT2D eigenvalue weighted by molar-refractivity contribution is 5.47. The van der Waals surface area contributed by atoms with Crippen LogP contribution in [0.5, 0.6) is 0 Å². The molecule has 1 atom stereocenters. The third kappa shape index (κ3) is 1.99. The van der Waals surface area contributed by atoms with Gasteiger partial charge in [-0.3, -0.25) is 0 Å². The molecule has 0 amide bonds. The molecule has 6 nitrogen and oxygen atoms in total. The predicted molar refractivity (Wildman–Crippen MR) is 52.7 cm³/mol. The van der Waals surface area contributed by atoms with Gasteiger partial charge >= 0.3 is 0 Å². The Morgan fingerprint density at radius 3 is 2.80 bits per heavy atom. The van der Waals surface area contributed by atoms with E-state index in [0.717, 1.165) is 5.69 Å². The van der Waals surface area contributed by atoms with Crippen LogP contribution >= 0.6 is 0 Å². The molecule has 0 fully saturated rings. The number of hydrogen-bond acceptors (Lipinski definition) is 6. The second-order valence-electron chi connectivity index (χ2n) is 3.29. The van der Waals surface area contributed by atoms with Gasteiger partial charge < -0.3 is 10.3 Å². The Balaban J connectivity index is 2.37. The van der Waals surface area contributed by atoms with Crippen LogP contribution in [0, 0.1) is 6.92 Å². The van der Waals surface area contributed by atoms with E-state index in [4.69, 9.17) is 10.3 Å². The summed E-state index contributed by atoms with van der Waals surface area (Å²) in [5, 5.41) is 3.79. The van der Waals surface area contributed by atoms with Crippen molar-refractivity contribution < 1.29 is 4.52 Å². The minimum Gasteiger partial charge on any atom is -0.337 e. The summed E-state index contributed by atoms with van der Waals surface area (Å²) in [6, 6.07) is 1.52. The van der Waals surface area contributed by atoms with Crippen LogP contribution in [0.2, 0.25) is 0 Å². The fourth-order valence-electron chi connectivity index (χ4n) is 1.10. The molecule has 2 aromatic heterocycles. The van der Waals surface area contributed by atoms with Crippen LogP contribution in [0.15, 0.2) is 16.9 Å². The molecular formula is C9H11N5O. The molecule has 2 heterocycles. The highest BCUT2D eigenvalue weighted by atomic mass is 16.5. The molecule has 0 saturated carbocycles. The highest BCUT2D eigenvalue weighted by Gasteiger charge is 2.12. The maximum Gasteiger partial charge on any atom is 0.243 e. The monoisotopic (exact) mass is 205 g/mol. The van der Waals surface area contributed by atoms with Gasteiger partial charge in [0.05, 0.1) is 6.04 Å². The van der Waals surface area contributed by atoms with Gasteiger partial charge in [0.1, 0.15) is 12.0 Å². The molecule has 0 unspecified atom stereocenters. The Labute approximate surface area is 86.5 Å². The van der Waals surface area contributed by atoms with Gasteiger partial charge in [-0.15, -0.1) is 0 Å². The molecule has 0 aliphatic heterocycles. The van der Waals surface area contributed by atoms with Crippen LogP contribution in [0.1, 0.15) is 24.6 Å². The molecular weight excluding hydrogens is 194 g/mol. The quantitative estimate of drug-likeness (QED) is 0.781. The lowest BCUT2D eigenvalue weighted by atomic mass is 10.3. The Bertz CT molecular complexity index is 465. The average molecular weight is 205 g/mol. The van der Waals surface area contributed by atoms with Gasteiger partial charge in [0.15, 0.2) is 0 Å². The van der Waals surface area contributed by atoms with E-state index in [-0.39, 0.29) is 6.04 Å². The van der Waals surface area contributed by atoms with Crippen molar-refractivity contribution in [3.05, 3.63) is 24.0 Å². The molecule has 0 bridgehead atoms. The Morgan fingerprint density at radius 1 is 1.40 bits per heavy atom. The number of rotatable bonds is 2. The highest BCUT2D eigenvalue weighted by Crippen LogP contribution is 2.15. The first-order valence-electron chi connectivity index (χ1n) is 4.55. The molecule has 6 heteroatoms. The van der Waals surface area contributed by atoms with Crippen molar-refractivity contribution in [2.24, 2.45) is 5.73 Å². The SMILES string of the molecule is Cc1cc(-c2noc([C@H](C)N)n2)ncn1. The maximum absolute atomic E-state index is 5.61. The molecule has 0 aliphatic carbocycles. The number of nitrogens with two attached hydrogens (primary N) is 1. The average Bonchev–Trinajstić information content (AvgIpc) is 2.66.